The number of hydrogen-bond donors (Lipinski definition) is 7. The highest BCUT2D eigenvalue weighted by atomic mass is 16.6. The van der Waals surface area contributed by atoms with Crippen molar-refractivity contribution in [3.8, 4) is 0 Å². The third-order valence-electron chi connectivity index (χ3n) is 5.37. The van der Waals surface area contributed by atoms with Crippen molar-refractivity contribution in [2.24, 2.45) is 11.5 Å². The lowest BCUT2D eigenvalue weighted by Gasteiger charge is -2.48. The maximum absolute atomic E-state index is 12.8. The lowest BCUT2D eigenvalue weighted by atomic mass is 9.94. The number of amides is 3. The minimum absolute atomic E-state index is 0.287. The Kier molecular flexibility index (Phi) is 10.8. The highest BCUT2D eigenvalue weighted by Crippen LogP contribution is 2.27. The van der Waals surface area contributed by atoms with Gasteiger partial charge in [0.2, 0.25) is 17.7 Å². The molecule has 194 valence electrons. The van der Waals surface area contributed by atoms with Crippen LogP contribution in [0.2, 0.25) is 0 Å². The van der Waals surface area contributed by atoms with E-state index in [-0.39, 0.29) is 6.42 Å². The average Bonchev–Trinajstić information content (AvgIpc) is 2.74. The molecular formula is C19H32N4O11. The summed E-state index contributed by atoms with van der Waals surface area (Å²) in [6.07, 6.45) is -7.87. The summed E-state index contributed by atoms with van der Waals surface area (Å²) >= 11 is 0. The van der Waals surface area contributed by atoms with Gasteiger partial charge in [-0.15, -0.1) is 0 Å². The van der Waals surface area contributed by atoms with Crippen molar-refractivity contribution in [2.45, 2.75) is 82.4 Å². The molecule has 1 rings (SSSR count). The molecule has 0 aromatic carbocycles. The summed E-state index contributed by atoms with van der Waals surface area (Å²) in [5.41, 5.74) is 11.4. The van der Waals surface area contributed by atoms with Gasteiger partial charge in [-0.3, -0.25) is 19.2 Å². The Bertz CT molecular complexity index is 779. The zero-order chi connectivity index (χ0) is 26.3. The van der Waals surface area contributed by atoms with E-state index in [0.29, 0.717) is 0 Å². The summed E-state index contributed by atoms with van der Waals surface area (Å²) < 4.78 is 10.9. The molecule has 0 saturated carbocycles. The Morgan fingerprint density at radius 1 is 1.18 bits per heavy atom. The lowest BCUT2D eigenvalue weighted by Crippen LogP contribution is -2.70. The maximum Gasteiger partial charge on any atom is 0.332 e. The third kappa shape index (κ3) is 7.33. The van der Waals surface area contributed by atoms with Crippen LogP contribution in [0.1, 0.15) is 33.6 Å². The number of nitrogens with one attached hydrogen (secondary N) is 1. The number of rotatable bonds is 12. The van der Waals surface area contributed by atoms with E-state index in [1.165, 1.54) is 13.8 Å². The van der Waals surface area contributed by atoms with Gasteiger partial charge in [-0.25, -0.2) is 4.79 Å². The number of carboxylic acids is 2. The van der Waals surface area contributed by atoms with Crippen LogP contribution in [0, 0.1) is 0 Å². The highest BCUT2D eigenvalue weighted by Gasteiger charge is 2.49. The van der Waals surface area contributed by atoms with Gasteiger partial charge in [-0.1, -0.05) is 0 Å². The molecule has 34 heavy (non-hydrogen) atoms. The van der Waals surface area contributed by atoms with Gasteiger partial charge in [0.05, 0.1) is 12.6 Å². The number of aliphatic hydroxyl groups excluding tert-OH is 2. The summed E-state index contributed by atoms with van der Waals surface area (Å²) in [6.45, 7) is 2.82. The fourth-order valence-corrected chi connectivity index (χ4v) is 3.46. The number of aliphatic hydroxyl groups is 2. The minimum atomic E-state index is -1.55. The van der Waals surface area contributed by atoms with E-state index in [2.05, 4.69) is 5.32 Å². The minimum Gasteiger partial charge on any atom is -0.481 e. The van der Waals surface area contributed by atoms with Gasteiger partial charge in [0.15, 0.2) is 12.3 Å². The van der Waals surface area contributed by atoms with Crippen LogP contribution >= 0.6 is 0 Å². The van der Waals surface area contributed by atoms with Crippen LogP contribution in [0.4, 0.5) is 0 Å². The summed E-state index contributed by atoms with van der Waals surface area (Å²) in [5, 5.41) is 40.2. The molecule has 0 bridgehead atoms. The molecule has 0 aromatic heterocycles. The summed E-state index contributed by atoms with van der Waals surface area (Å²) in [5.74, 6) is -5.15. The lowest BCUT2D eigenvalue weighted by molar-refractivity contribution is -0.245. The summed E-state index contributed by atoms with van der Waals surface area (Å²) in [7, 11) is 0. The van der Waals surface area contributed by atoms with E-state index in [4.69, 9.17) is 31.2 Å². The summed E-state index contributed by atoms with van der Waals surface area (Å²) in [4.78, 5) is 59.7. The largest absolute Gasteiger partial charge is 0.481 e. The molecular weight excluding hydrogens is 460 g/mol. The average molecular weight is 492 g/mol. The summed E-state index contributed by atoms with van der Waals surface area (Å²) in [6, 6.07) is -4.02. The van der Waals surface area contributed by atoms with Crippen LogP contribution in [0.25, 0.3) is 0 Å². The second-order valence-electron chi connectivity index (χ2n) is 7.89. The van der Waals surface area contributed by atoms with Gasteiger partial charge in [0.25, 0.3) is 0 Å². The Morgan fingerprint density at radius 3 is 2.21 bits per heavy atom. The van der Waals surface area contributed by atoms with Crippen molar-refractivity contribution < 1.29 is 53.9 Å². The normalized spacial score (nSPS) is 27.2. The molecule has 8 unspecified atom stereocenters. The molecule has 1 aliphatic heterocycles. The molecule has 15 nitrogen and oxygen atoms in total. The number of primary amides is 1. The van der Waals surface area contributed by atoms with Crippen LogP contribution in [0.5, 0.6) is 0 Å². The fraction of sp³-hybridized carbons (Fsp3) is 0.737. The van der Waals surface area contributed by atoms with E-state index >= 15 is 0 Å². The second-order valence-corrected chi connectivity index (χ2v) is 7.89. The zero-order valence-corrected chi connectivity index (χ0v) is 19.0. The SMILES string of the molecule is CC(=O)N(C(C)C(=O)NC(CCC(=O)O)C(N)=O)C1OC(CO)C(O)C(OC(C)C(=O)O)C1N. The topological polar surface area (TPSA) is 252 Å². The standard InChI is InChI=1S/C19H32N4O11/c1-7(17(30)22-10(16(21)29)4-5-12(26)27)23(9(3)25)18-13(20)15(33-8(2)19(31)32)14(28)11(6-24)34-18/h7-8,10-11,13-15,18,24,28H,4-6,20H2,1-3H3,(H2,21,29)(H,22,30)(H,26,27)(H,31,32). The van der Waals surface area contributed by atoms with Gasteiger partial charge in [-0.2, -0.15) is 0 Å². The van der Waals surface area contributed by atoms with Crippen molar-refractivity contribution in [1.29, 1.82) is 0 Å². The van der Waals surface area contributed by atoms with E-state index in [1.807, 2.05) is 0 Å². The molecule has 9 N–H and O–H groups in total. The second kappa shape index (κ2) is 12.6. The third-order valence-corrected chi connectivity index (χ3v) is 5.37. The number of carbonyl (C=O) groups excluding carboxylic acids is 3. The molecule has 8 atom stereocenters. The number of carbonyl (C=O) groups is 5. The van der Waals surface area contributed by atoms with Gasteiger partial charge in [0, 0.05) is 13.3 Å². The molecule has 1 fully saturated rings. The quantitative estimate of drug-likeness (QED) is 0.139. The zero-order valence-electron chi connectivity index (χ0n) is 19.0. The van der Waals surface area contributed by atoms with Crippen molar-refractivity contribution in [3.63, 3.8) is 0 Å². The molecule has 0 aliphatic carbocycles. The van der Waals surface area contributed by atoms with Crippen molar-refractivity contribution in [1.82, 2.24) is 10.2 Å². The highest BCUT2D eigenvalue weighted by molar-refractivity contribution is 5.91. The Labute approximate surface area is 195 Å². The van der Waals surface area contributed by atoms with Crippen molar-refractivity contribution >= 4 is 29.7 Å². The first-order valence-electron chi connectivity index (χ1n) is 10.4. The number of nitrogens with zero attached hydrogens (tertiary/aromatic N) is 1. The number of hydrogen-bond acceptors (Lipinski definition) is 10. The van der Waals surface area contributed by atoms with Gasteiger partial charge in [0.1, 0.15) is 30.4 Å². The van der Waals surface area contributed by atoms with Gasteiger partial charge in [-0.05, 0) is 20.3 Å². The number of carboxylic acid groups (broad SMARTS) is 2. The number of aliphatic carboxylic acids is 2. The van der Waals surface area contributed by atoms with Crippen LogP contribution < -0.4 is 16.8 Å². The van der Waals surface area contributed by atoms with Crippen LogP contribution in [0.15, 0.2) is 0 Å². The first-order chi connectivity index (χ1) is 15.7. The molecule has 1 heterocycles. The first kappa shape index (κ1) is 29.2. The monoisotopic (exact) mass is 492 g/mol. The van der Waals surface area contributed by atoms with E-state index in [9.17, 15) is 34.2 Å². The smallest absolute Gasteiger partial charge is 0.332 e. The molecule has 1 saturated heterocycles. The molecule has 0 radical (unpaired) electrons. The van der Waals surface area contributed by atoms with Crippen LogP contribution in [0.3, 0.4) is 0 Å². The maximum atomic E-state index is 12.8. The molecule has 0 aromatic rings. The van der Waals surface area contributed by atoms with Gasteiger partial charge < -0.3 is 51.6 Å². The van der Waals surface area contributed by atoms with Gasteiger partial charge >= 0.3 is 11.9 Å². The predicted molar refractivity (Wildman–Crippen MR) is 112 cm³/mol. The van der Waals surface area contributed by atoms with Crippen molar-refractivity contribution in [3.05, 3.63) is 0 Å². The Balaban J connectivity index is 3.18. The fourth-order valence-electron chi connectivity index (χ4n) is 3.46. The van der Waals surface area contributed by atoms with Crippen LogP contribution in [-0.2, 0) is 33.4 Å². The van der Waals surface area contributed by atoms with Crippen molar-refractivity contribution in [2.75, 3.05) is 6.61 Å². The molecule has 1 aliphatic rings. The first-order valence-corrected chi connectivity index (χ1v) is 10.4. The molecule has 3 amide bonds. The Morgan fingerprint density at radius 2 is 1.76 bits per heavy atom. The van der Waals surface area contributed by atoms with E-state index in [0.717, 1.165) is 11.8 Å². The van der Waals surface area contributed by atoms with E-state index in [1.54, 1.807) is 0 Å². The molecule has 15 heteroatoms. The number of ether oxygens (including phenoxy) is 2. The number of nitrogens with two attached hydrogens (primary N) is 2. The van der Waals surface area contributed by atoms with Crippen LogP contribution in [-0.4, -0.2) is 110 Å². The molecule has 0 spiro atoms. The van der Waals surface area contributed by atoms with E-state index < -0.39 is 91.5 Å². The predicted octanol–water partition coefficient (Wildman–Crippen LogP) is -3.68. The Hall–Kier alpha value is -2.85.